The van der Waals surface area contributed by atoms with Crippen molar-refractivity contribution in [3.05, 3.63) is 65.9 Å². The molecule has 0 saturated heterocycles. The number of fused-ring (bicyclic) bond motifs is 1. The highest BCUT2D eigenvalue weighted by molar-refractivity contribution is 5.72. The van der Waals surface area contributed by atoms with Crippen LogP contribution in [0.1, 0.15) is 37.1 Å². The van der Waals surface area contributed by atoms with Crippen LogP contribution in [0, 0.1) is 5.41 Å². The molecule has 7 heteroatoms. The van der Waals surface area contributed by atoms with Gasteiger partial charge in [-0.25, -0.2) is 9.97 Å². The number of oxazole rings is 1. The van der Waals surface area contributed by atoms with Crippen molar-refractivity contribution in [2.75, 3.05) is 5.32 Å². The number of nitrogens with zero attached hydrogens (tertiary/aromatic N) is 4. The summed E-state index contributed by atoms with van der Waals surface area (Å²) in [5.74, 6) is 1.24. The second kappa shape index (κ2) is 7.40. The maximum atomic E-state index is 5.51. The molecule has 4 aromatic rings. The van der Waals surface area contributed by atoms with Crippen molar-refractivity contribution >= 4 is 5.82 Å². The number of H-pyrrole nitrogens is 1. The fourth-order valence-electron chi connectivity index (χ4n) is 4.00. The van der Waals surface area contributed by atoms with E-state index in [2.05, 4.69) is 39.3 Å². The molecule has 1 aliphatic rings. The van der Waals surface area contributed by atoms with Gasteiger partial charge in [0.1, 0.15) is 17.8 Å². The first-order valence-corrected chi connectivity index (χ1v) is 10.2. The summed E-state index contributed by atoms with van der Waals surface area (Å²) in [5.41, 5.74) is 6.59. The third kappa shape index (κ3) is 3.70. The zero-order chi connectivity index (χ0) is 20.6. The van der Waals surface area contributed by atoms with Gasteiger partial charge in [-0.2, -0.15) is 5.10 Å². The fourth-order valence-corrected chi connectivity index (χ4v) is 4.00. The quantitative estimate of drug-likeness (QED) is 0.507. The number of nitrogens with one attached hydrogen (secondary N) is 2. The first-order chi connectivity index (χ1) is 14.6. The van der Waals surface area contributed by atoms with Crippen LogP contribution < -0.4 is 5.32 Å². The minimum absolute atomic E-state index is 0.300. The van der Waals surface area contributed by atoms with E-state index in [0.717, 1.165) is 41.9 Å². The third-order valence-electron chi connectivity index (χ3n) is 5.61. The molecule has 0 bridgehead atoms. The Morgan fingerprint density at radius 2 is 2.17 bits per heavy atom. The number of aromatic amines is 1. The lowest BCUT2D eigenvalue weighted by Crippen LogP contribution is -2.21. The van der Waals surface area contributed by atoms with E-state index in [0.29, 0.717) is 23.5 Å². The molecule has 4 heterocycles. The summed E-state index contributed by atoms with van der Waals surface area (Å²) in [5, 5.41) is 11.3. The lowest BCUT2D eigenvalue weighted by atomic mass is 9.76. The zero-order valence-corrected chi connectivity index (χ0v) is 17.1. The Morgan fingerprint density at radius 3 is 2.97 bits per heavy atom. The standard InChI is InChI=1S/C23H24N6O/c1-23(2)6-5-17-19(12-23)28-29-21(17)16-10-18(22-25-8-9-30-22)27-20(11-16)26-14-15-4-3-7-24-13-15/h3-4,7-11,13H,5-6,12,14H2,1-2H3,(H,26,27)(H,28,29). The van der Waals surface area contributed by atoms with Gasteiger partial charge in [-0.3, -0.25) is 10.1 Å². The van der Waals surface area contributed by atoms with E-state index in [1.165, 1.54) is 11.3 Å². The molecule has 1 aliphatic carbocycles. The van der Waals surface area contributed by atoms with Crippen molar-refractivity contribution in [1.82, 2.24) is 25.1 Å². The molecule has 0 saturated carbocycles. The van der Waals surface area contributed by atoms with Gasteiger partial charge in [-0.05, 0) is 48.4 Å². The predicted octanol–water partition coefficient (Wildman–Crippen LogP) is 4.65. The van der Waals surface area contributed by atoms with Crippen LogP contribution in [-0.2, 0) is 19.4 Å². The van der Waals surface area contributed by atoms with Gasteiger partial charge in [0.05, 0.1) is 11.9 Å². The van der Waals surface area contributed by atoms with Crippen LogP contribution >= 0.6 is 0 Å². The topological polar surface area (TPSA) is 92.5 Å². The van der Waals surface area contributed by atoms with E-state index in [1.807, 2.05) is 30.5 Å². The molecule has 7 nitrogen and oxygen atoms in total. The molecule has 0 amide bonds. The first-order valence-electron chi connectivity index (χ1n) is 10.2. The molecule has 4 aromatic heterocycles. The molecule has 2 N–H and O–H groups in total. The molecule has 0 unspecified atom stereocenters. The summed E-state index contributed by atoms with van der Waals surface area (Å²) in [6.45, 7) is 5.25. The number of hydrogen-bond acceptors (Lipinski definition) is 6. The number of aromatic nitrogens is 5. The monoisotopic (exact) mass is 400 g/mol. The third-order valence-corrected chi connectivity index (χ3v) is 5.61. The second-order valence-corrected chi connectivity index (χ2v) is 8.55. The summed E-state index contributed by atoms with van der Waals surface area (Å²) < 4.78 is 5.51. The van der Waals surface area contributed by atoms with Gasteiger partial charge in [0.15, 0.2) is 0 Å². The van der Waals surface area contributed by atoms with Crippen LogP contribution in [0.3, 0.4) is 0 Å². The fraction of sp³-hybridized carbons (Fsp3) is 0.304. The van der Waals surface area contributed by atoms with Crippen LogP contribution in [0.2, 0.25) is 0 Å². The van der Waals surface area contributed by atoms with Crippen LogP contribution in [0.5, 0.6) is 0 Å². The normalized spacial score (nSPS) is 15.0. The number of anilines is 1. The number of rotatable bonds is 5. The van der Waals surface area contributed by atoms with Gasteiger partial charge in [-0.15, -0.1) is 0 Å². The van der Waals surface area contributed by atoms with Gasteiger partial charge in [0, 0.05) is 35.8 Å². The molecule has 152 valence electrons. The van der Waals surface area contributed by atoms with Crippen LogP contribution in [0.4, 0.5) is 5.82 Å². The van der Waals surface area contributed by atoms with E-state index in [9.17, 15) is 0 Å². The minimum Gasteiger partial charge on any atom is -0.443 e. The maximum Gasteiger partial charge on any atom is 0.245 e. The summed E-state index contributed by atoms with van der Waals surface area (Å²) in [4.78, 5) is 13.2. The van der Waals surface area contributed by atoms with Crippen LogP contribution in [0.15, 0.2) is 53.5 Å². The van der Waals surface area contributed by atoms with Crippen molar-refractivity contribution < 1.29 is 4.42 Å². The Hall–Kier alpha value is -3.48. The van der Waals surface area contributed by atoms with Gasteiger partial charge >= 0.3 is 0 Å². The van der Waals surface area contributed by atoms with E-state index < -0.39 is 0 Å². The highest BCUT2D eigenvalue weighted by atomic mass is 16.3. The highest BCUT2D eigenvalue weighted by Gasteiger charge is 2.29. The lowest BCUT2D eigenvalue weighted by Gasteiger charge is -2.29. The molecule has 0 fully saturated rings. The summed E-state index contributed by atoms with van der Waals surface area (Å²) in [6.07, 6.45) is 9.98. The average molecular weight is 400 g/mol. The SMILES string of the molecule is CC1(C)CCc2c(-c3cc(NCc4cccnc4)nc(-c4ncco4)c3)n[nH]c2C1. The van der Waals surface area contributed by atoms with E-state index >= 15 is 0 Å². The summed E-state index contributed by atoms with van der Waals surface area (Å²) in [7, 11) is 0. The Kier molecular flexibility index (Phi) is 4.58. The van der Waals surface area contributed by atoms with Crippen LogP contribution in [-0.4, -0.2) is 25.1 Å². The van der Waals surface area contributed by atoms with E-state index in [1.54, 1.807) is 18.7 Å². The zero-order valence-electron chi connectivity index (χ0n) is 17.1. The van der Waals surface area contributed by atoms with Gasteiger partial charge < -0.3 is 9.73 Å². The predicted molar refractivity (Wildman–Crippen MR) is 115 cm³/mol. The van der Waals surface area contributed by atoms with Gasteiger partial charge in [0.25, 0.3) is 0 Å². The highest BCUT2D eigenvalue weighted by Crippen LogP contribution is 2.38. The number of hydrogen-bond donors (Lipinski definition) is 2. The molecule has 0 radical (unpaired) electrons. The van der Waals surface area contributed by atoms with Crippen molar-refractivity contribution in [2.45, 2.75) is 39.7 Å². The van der Waals surface area contributed by atoms with Crippen molar-refractivity contribution in [2.24, 2.45) is 5.41 Å². The Balaban J connectivity index is 1.52. The number of pyridine rings is 2. The Bertz CT molecular complexity index is 1150. The smallest absolute Gasteiger partial charge is 0.245 e. The maximum absolute atomic E-state index is 5.51. The van der Waals surface area contributed by atoms with Crippen LogP contribution in [0.25, 0.3) is 22.8 Å². The Labute approximate surface area is 175 Å². The molecule has 0 atom stereocenters. The minimum atomic E-state index is 0.300. The molecule has 5 rings (SSSR count). The molecule has 0 aromatic carbocycles. The molecular weight excluding hydrogens is 376 g/mol. The van der Waals surface area contributed by atoms with Crippen molar-refractivity contribution in [3.63, 3.8) is 0 Å². The van der Waals surface area contributed by atoms with Gasteiger partial charge in [-0.1, -0.05) is 19.9 Å². The first kappa shape index (κ1) is 18.5. The van der Waals surface area contributed by atoms with Gasteiger partial charge in [0.2, 0.25) is 5.89 Å². The molecular formula is C23H24N6O. The Morgan fingerprint density at radius 1 is 1.23 bits per heavy atom. The largest absolute Gasteiger partial charge is 0.443 e. The average Bonchev–Trinajstić information content (AvgIpc) is 3.42. The lowest BCUT2D eigenvalue weighted by molar-refractivity contribution is 0.312. The second-order valence-electron chi connectivity index (χ2n) is 8.55. The van der Waals surface area contributed by atoms with Crippen molar-refractivity contribution in [1.29, 1.82) is 0 Å². The van der Waals surface area contributed by atoms with E-state index in [-0.39, 0.29) is 0 Å². The molecule has 0 aliphatic heterocycles. The summed E-state index contributed by atoms with van der Waals surface area (Å²) in [6, 6.07) is 8.00. The molecule has 30 heavy (non-hydrogen) atoms. The van der Waals surface area contributed by atoms with Crippen molar-refractivity contribution in [3.8, 4) is 22.8 Å². The summed E-state index contributed by atoms with van der Waals surface area (Å²) >= 11 is 0. The van der Waals surface area contributed by atoms with E-state index in [4.69, 9.17) is 9.40 Å². The molecule has 0 spiro atoms.